The first-order chi connectivity index (χ1) is 10.0. The van der Waals surface area contributed by atoms with Crippen LogP contribution in [-0.4, -0.2) is 37.2 Å². The Hall–Kier alpha value is -1.06. The van der Waals surface area contributed by atoms with Crippen LogP contribution in [0.25, 0.3) is 0 Å². The molecule has 2 rings (SSSR count). The normalized spacial score (nSPS) is 22.5. The predicted octanol–water partition coefficient (Wildman–Crippen LogP) is 3.27. The molecule has 0 heterocycles. The van der Waals surface area contributed by atoms with Crippen molar-refractivity contribution >= 4 is 0 Å². The standard InChI is InChI=1S/C18H30N2O/c1-14-11-15(2)13-18(12-14)21-10-4-9-20(3)17-7-5-16(19)6-8-17/h11-13,16-17H,4-10,19H2,1-3H3. The summed E-state index contributed by atoms with van der Waals surface area (Å²) < 4.78 is 5.88. The van der Waals surface area contributed by atoms with Gasteiger partial charge in [0.15, 0.2) is 0 Å². The third-order valence-electron chi connectivity index (χ3n) is 4.48. The van der Waals surface area contributed by atoms with Crippen LogP contribution in [0.15, 0.2) is 18.2 Å². The van der Waals surface area contributed by atoms with Gasteiger partial charge in [-0.2, -0.15) is 0 Å². The molecule has 3 heteroatoms. The average Bonchev–Trinajstić information content (AvgIpc) is 2.43. The molecule has 1 aromatic rings. The molecule has 0 radical (unpaired) electrons. The zero-order valence-electron chi connectivity index (χ0n) is 13.8. The Balaban J connectivity index is 1.67. The van der Waals surface area contributed by atoms with Gasteiger partial charge in [0.05, 0.1) is 6.61 Å². The van der Waals surface area contributed by atoms with Gasteiger partial charge in [-0.1, -0.05) is 6.07 Å². The second-order valence-electron chi connectivity index (χ2n) is 6.57. The molecule has 1 aromatic carbocycles. The first-order valence-corrected chi connectivity index (χ1v) is 8.21. The lowest BCUT2D eigenvalue weighted by molar-refractivity contribution is 0.170. The van der Waals surface area contributed by atoms with Crippen molar-refractivity contribution in [3.63, 3.8) is 0 Å². The topological polar surface area (TPSA) is 38.5 Å². The molecule has 0 spiro atoms. The van der Waals surface area contributed by atoms with Gasteiger partial charge in [-0.15, -0.1) is 0 Å². The van der Waals surface area contributed by atoms with Crippen molar-refractivity contribution in [3.05, 3.63) is 29.3 Å². The van der Waals surface area contributed by atoms with Crippen LogP contribution in [-0.2, 0) is 0 Å². The minimum Gasteiger partial charge on any atom is -0.494 e. The average molecular weight is 290 g/mol. The molecule has 1 saturated carbocycles. The van der Waals surface area contributed by atoms with Crippen LogP contribution in [0.1, 0.15) is 43.2 Å². The quantitative estimate of drug-likeness (QED) is 0.817. The molecule has 2 N–H and O–H groups in total. The van der Waals surface area contributed by atoms with Gasteiger partial charge in [0.2, 0.25) is 0 Å². The van der Waals surface area contributed by atoms with E-state index in [1.807, 2.05) is 0 Å². The smallest absolute Gasteiger partial charge is 0.119 e. The van der Waals surface area contributed by atoms with Crippen molar-refractivity contribution in [3.8, 4) is 5.75 Å². The van der Waals surface area contributed by atoms with Crippen molar-refractivity contribution in [1.29, 1.82) is 0 Å². The molecule has 118 valence electrons. The molecule has 1 fully saturated rings. The van der Waals surface area contributed by atoms with Gasteiger partial charge in [0.1, 0.15) is 5.75 Å². The minimum atomic E-state index is 0.433. The SMILES string of the molecule is Cc1cc(C)cc(OCCCN(C)C2CCC(N)CC2)c1. The number of nitrogens with zero attached hydrogens (tertiary/aromatic N) is 1. The van der Waals surface area contributed by atoms with Crippen molar-refractivity contribution in [1.82, 2.24) is 4.90 Å². The van der Waals surface area contributed by atoms with E-state index in [9.17, 15) is 0 Å². The van der Waals surface area contributed by atoms with Crippen LogP contribution < -0.4 is 10.5 Å². The largest absolute Gasteiger partial charge is 0.494 e. The van der Waals surface area contributed by atoms with Gasteiger partial charge in [0, 0.05) is 18.6 Å². The first-order valence-electron chi connectivity index (χ1n) is 8.21. The van der Waals surface area contributed by atoms with E-state index in [0.29, 0.717) is 12.1 Å². The number of benzene rings is 1. The molecule has 0 bridgehead atoms. The maximum absolute atomic E-state index is 5.97. The van der Waals surface area contributed by atoms with Crippen LogP contribution in [0.3, 0.4) is 0 Å². The number of nitrogens with two attached hydrogens (primary N) is 1. The van der Waals surface area contributed by atoms with Crippen molar-refractivity contribution < 1.29 is 4.74 Å². The zero-order valence-corrected chi connectivity index (χ0v) is 13.8. The highest BCUT2D eigenvalue weighted by atomic mass is 16.5. The molecular weight excluding hydrogens is 260 g/mol. The Morgan fingerprint density at radius 2 is 1.71 bits per heavy atom. The molecule has 0 unspecified atom stereocenters. The summed E-state index contributed by atoms with van der Waals surface area (Å²) in [5.41, 5.74) is 8.50. The summed E-state index contributed by atoms with van der Waals surface area (Å²) in [5.74, 6) is 0.999. The van der Waals surface area contributed by atoms with E-state index in [-0.39, 0.29) is 0 Å². The number of aryl methyl sites for hydroxylation is 2. The maximum atomic E-state index is 5.97. The van der Waals surface area contributed by atoms with Gasteiger partial charge in [-0.05, 0) is 76.3 Å². The summed E-state index contributed by atoms with van der Waals surface area (Å²) in [6.07, 6.45) is 5.92. The van der Waals surface area contributed by atoms with Crippen LogP contribution in [0.4, 0.5) is 0 Å². The number of ether oxygens (including phenoxy) is 1. The van der Waals surface area contributed by atoms with Crippen LogP contribution in [0.5, 0.6) is 5.75 Å². The Morgan fingerprint density at radius 1 is 1.10 bits per heavy atom. The lowest BCUT2D eigenvalue weighted by atomic mass is 9.91. The molecule has 21 heavy (non-hydrogen) atoms. The second kappa shape index (κ2) is 7.81. The number of hydrogen-bond donors (Lipinski definition) is 1. The summed E-state index contributed by atoms with van der Waals surface area (Å²) in [5, 5.41) is 0. The summed E-state index contributed by atoms with van der Waals surface area (Å²) in [7, 11) is 2.23. The summed E-state index contributed by atoms with van der Waals surface area (Å²) in [6.45, 7) is 6.12. The fourth-order valence-corrected chi connectivity index (χ4v) is 3.25. The third-order valence-corrected chi connectivity index (χ3v) is 4.48. The maximum Gasteiger partial charge on any atom is 0.119 e. The predicted molar refractivity (Wildman–Crippen MR) is 88.9 cm³/mol. The summed E-state index contributed by atoms with van der Waals surface area (Å²) in [6, 6.07) is 7.54. The van der Waals surface area contributed by atoms with Crippen molar-refractivity contribution in [2.75, 3.05) is 20.2 Å². The highest BCUT2D eigenvalue weighted by Gasteiger charge is 2.21. The van der Waals surface area contributed by atoms with Crippen molar-refractivity contribution in [2.45, 2.75) is 58.0 Å². The van der Waals surface area contributed by atoms with Gasteiger partial charge >= 0.3 is 0 Å². The van der Waals surface area contributed by atoms with Crippen LogP contribution >= 0.6 is 0 Å². The molecule has 0 atom stereocenters. The summed E-state index contributed by atoms with van der Waals surface area (Å²) >= 11 is 0. The molecule has 0 amide bonds. The Morgan fingerprint density at radius 3 is 2.33 bits per heavy atom. The monoisotopic (exact) mass is 290 g/mol. The van der Waals surface area contributed by atoms with E-state index in [2.05, 4.69) is 44.0 Å². The van der Waals surface area contributed by atoms with Gasteiger partial charge in [0.25, 0.3) is 0 Å². The van der Waals surface area contributed by atoms with Crippen LogP contribution in [0, 0.1) is 13.8 Å². The van der Waals surface area contributed by atoms with E-state index >= 15 is 0 Å². The van der Waals surface area contributed by atoms with E-state index in [0.717, 1.165) is 25.3 Å². The Kier molecular flexibility index (Phi) is 6.07. The fraction of sp³-hybridized carbons (Fsp3) is 0.667. The Bertz CT molecular complexity index is 419. The lowest BCUT2D eigenvalue weighted by Crippen LogP contribution is -2.39. The Labute approximate surface area is 129 Å². The zero-order chi connectivity index (χ0) is 15.2. The van der Waals surface area contributed by atoms with Gasteiger partial charge < -0.3 is 15.4 Å². The minimum absolute atomic E-state index is 0.433. The third kappa shape index (κ3) is 5.33. The second-order valence-corrected chi connectivity index (χ2v) is 6.57. The van der Waals surface area contributed by atoms with Gasteiger partial charge in [-0.3, -0.25) is 0 Å². The van der Waals surface area contributed by atoms with E-state index in [4.69, 9.17) is 10.5 Å². The fourth-order valence-electron chi connectivity index (χ4n) is 3.25. The highest BCUT2D eigenvalue weighted by Crippen LogP contribution is 2.21. The van der Waals surface area contributed by atoms with Gasteiger partial charge in [-0.25, -0.2) is 0 Å². The van der Waals surface area contributed by atoms with Crippen molar-refractivity contribution in [2.24, 2.45) is 5.73 Å². The molecule has 0 aliphatic heterocycles. The summed E-state index contributed by atoms with van der Waals surface area (Å²) in [4.78, 5) is 2.48. The van der Waals surface area contributed by atoms with E-state index in [1.165, 1.54) is 36.8 Å². The first kappa shape index (κ1) is 16.3. The van der Waals surface area contributed by atoms with E-state index in [1.54, 1.807) is 0 Å². The molecule has 3 nitrogen and oxygen atoms in total. The van der Waals surface area contributed by atoms with Crippen LogP contribution in [0.2, 0.25) is 0 Å². The number of hydrogen-bond acceptors (Lipinski definition) is 3. The molecular formula is C18H30N2O. The lowest BCUT2D eigenvalue weighted by Gasteiger charge is -2.33. The highest BCUT2D eigenvalue weighted by molar-refractivity contribution is 5.32. The molecule has 1 aliphatic rings. The molecule has 0 aromatic heterocycles. The molecule has 1 aliphatic carbocycles. The van der Waals surface area contributed by atoms with E-state index < -0.39 is 0 Å². The molecule has 0 saturated heterocycles. The number of rotatable bonds is 6.